The maximum absolute atomic E-state index is 15.9. The van der Waals surface area contributed by atoms with Crippen molar-refractivity contribution in [3.05, 3.63) is 25.1 Å². The van der Waals surface area contributed by atoms with Crippen LogP contribution in [0.15, 0.2) is 19.0 Å². The van der Waals surface area contributed by atoms with E-state index in [9.17, 15) is 28.4 Å². The van der Waals surface area contributed by atoms with Crippen LogP contribution in [-0.4, -0.2) is 104 Å². The summed E-state index contributed by atoms with van der Waals surface area (Å²) in [4.78, 5) is 43.9. The lowest BCUT2D eigenvalue weighted by Crippen LogP contribution is -2.38. The molecule has 0 spiro atoms. The van der Waals surface area contributed by atoms with Crippen LogP contribution in [0.2, 0.25) is 0 Å². The largest absolute Gasteiger partial charge is 0.472 e. The highest BCUT2D eigenvalue weighted by Crippen LogP contribution is 2.53. The highest BCUT2D eigenvalue weighted by molar-refractivity contribution is 7.52. The first-order valence-electron chi connectivity index (χ1n) is 12.8. The van der Waals surface area contributed by atoms with Crippen molar-refractivity contribution in [2.75, 3.05) is 24.4 Å². The van der Waals surface area contributed by atoms with Crippen LogP contribution in [0.3, 0.4) is 0 Å². The fourth-order valence-electron chi connectivity index (χ4n) is 5.17. The first kappa shape index (κ1) is 30.3. The van der Waals surface area contributed by atoms with Crippen LogP contribution in [0, 0.1) is 6.08 Å². The Morgan fingerprint density at radius 3 is 2.38 bits per heavy atom. The number of aliphatic hydroxyl groups is 1. The number of aliphatic hydroxyl groups excluding tert-OH is 1. The molecule has 7 heterocycles. The van der Waals surface area contributed by atoms with Gasteiger partial charge in [0, 0.05) is 0 Å². The van der Waals surface area contributed by atoms with E-state index in [1.54, 1.807) is 0 Å². The van der Waals surface area contributed by atoms with Gasteiger partial charge in [-0.15, -0.1) is 0 Å². The Morgan fingerprint density at radius 2 is 1.62 bits per heavy atom. The minimum absolute atomic E-state index is 0.0174. The van der Waals surface area contributed by atoms with Crippen LogP contribution in [-0.2, 0) is 36.9 Å². The summed E-state index contributed by atoms with van der Waals surface area (Å²) in [6.45, 7) is -0.922. The number of fused-ring (bicyclic) bond motifs is 4. The summed E-state index contributed by atoms with van der Waals surface area (Å²) >= 11 is 0. The van der Waals surface area contributed by atoms with Gasteiger partial charge in [-0.1, -0.05) is 0 Å². The molecule has 4 aromatic heterocycles. The van der Waals surface area contributed by atoms with Crippen molar-refractivity contribution in [3.8, 4) is 0 Å². The molecule has 10 atom stereocenters. The van der Waals surface area contributed by atoms with Crippen molar-refractivity contribution in [2.45, 2.75) is 49.3 Å². The molecule has 7 N–H and O–H groups in total. The molecule has 3 aliphatic rings. The zero-order valence-corrected chi connectivity index (χ0v) is 24.0. The number of halogens is 2. The molecular formula is C20H22F2N10O11P2. The van der Waals surface area contributed by atoms with Crippen LogP contribution in [0.1, 0.15) is 12.5 Å². The Hall–Kier alpha value is -3.34. The Labute approximate surface area is 248 Å². The highest BCUT2D eigenvalue weighted by atomic mass is 31.2. The Morgan fingerprint density at radius 1 is 0.911 bits per heavy atom. The molecule has 3 aliphatic heterocycles. The minimum atomic E-state index is -5.12. The third-order valence-corrected chi connectivity index (χ3v) is 9.17. The van der Waals surface area contributed by atoms with E-state index in [1.165, 1.54) is 10.9 Å². The van der Waals surface area contributed by atoms with E-state index in [0.29, 0.717) is 0 Å². The molecule has 3 saturated heterocycles. The number of aromatic nitrogens is 8. The van der Waals surface area contributed by atoms with Gasteiger partial charge < -0.3 is 40.6 Å². The van der Waals surface area contributed by atoms with Crippen molar-refractivity contribution in [3.63, 3.8) is 0 Å². The highest BCUT2D eigenvalue weighted by Gasteiger charge is 2.54. The number of anilines is 2. The molecule has 45 heavy (non-hydrogen) atoms. The number of phosphoric acid groups is 1. The molecule has 0 aromatic carbocycles. The lowest BCUT2D eigenvalue weighted by Gasteiger charge is -2.27. The van der Waals surface area contributed by atoms with Gasteiger partial charge in [-0.05, 0) is 0 Å². The molecule has 0 saturated carbocycles. The molecular weight excluding hydrogens is 656 g/mol. The van der Waals surface area contributed by atoms with Gasteiger partial charge in [-0.25, -0.2) is 28.9 Å². The first-order chi connectivity index (χ1) is 21.3. The summed E-state index contributed by atoms with van der Waals surface area (Å²) in [5.41, 5.74) is 11.4. The topological polar surface area (TPSA) is 289 Å². The summed E-state index contributed by atoms with van der Waals surface area (Å²) in [5.74, 6) is -0.328. The van der Waals surface area contributed by atoms with Crippen molar-refractivity contribution in [1.29, 1.82) is 0 Å². The van der Waals surface area contributed by atoms with E-state index in [-0.39, 0.29) is 34.0 Å². The summed E-state index contributed by atoms with van der Waals surface area (Å²) in [5, 5.41) is 11.1. The minimum Gasteiger partial charge on any atom is -0.385 e. The standard InChI is InChI=1S/C20H22F2N10O11P2/c21-7-11-6(40-17(7)32-4-28-9-14(24)29-20(22)30-16(9)32)1-39-45(36,37)43-12-10(33)18(41-19(12)38-5-44(34,35)42-11)31-3-27-8-13(23)25-2-26-15(8)31/h2-4,6-7,10-12,17-19,33H,1,5H2,(H,34,35)(H,36,37)(H2,23,25,26)(H2,24,29,30)/t6-,7+,10+,11?,12?,17-,18-,19+/m1/s1. The number of rotatable bonds is 2. The fourth-order valence-corrected chi connectivity index (χ4v) is 7.12. The summed E-state index contributed by atoms with van der Waals surface area (Å²) < 4.78 is 90.1. The lowest BCUT2D eigenvalue weighted by molar-refractivity contribution is -0.168. The van der Waals surface area contributed by atoms with Crippen molar-refractivity contribution in [2.24, 2.45) is 0 Å². The fraction of sp³-hybridized carbons (Fsp3) is 0.500. The SMILES string of the molecule is Nc1ncnc2c1ncn2[C@@H]1O[C@@H]2OCP(=O)(O)OC3[C@@H](COP(=O)(O)OC2[C@@H]1O)O[C@@H](n1cnc2c(N)nc(F)nc21)[C@H]3F. The number of nitrogens with zero attached hydrogens (tertiary/aromatic N) is 8. The zero-order chi connectivity index (χ0) is 31.8. The number of imidazole rings is 2. The van der Waals surface area contributed by atoms with Crippen LogP contribution < -0.4 is 11.5 Å². The predicted octanol–water partition coefficient (Wildman–Crippen LogP) is -0.519. The molecule has 0 radical (unpaired) electrons. The average Bonchev–Trinajstić information content (AvgIpc) is 3.72. The van der Waals surface area contributed by atoms with Crippen molar-refractivity contribution in [1.82, 2.24) is 39.0 Å². The number of hydrogen-bond donors (Lipinski definition) is 5. The second-order valence-corrected chi connectivity index (χ2v) is 13.2. The number of alkyl halides is 1. The van der Waals surface area contributed by atoms with Gasteiger partial charge in [0.15, 0.2) is 65.8 Å². The normalized spacial score (nSPS) is 37.7. The van der Waals surface area contributed by atoms with Gasteiger partial charge in [0.25, 0.3) is 0 Å². The first-order valence-corrected chi connectivity index (χ1v) is 16.1. The smallest absolute Gasteiger partial charge is 0.385 e. The van der Waals surface area contributed by atoms with Gasteiger partial charge in [-0.2, -0.15) is 14.4 Å². The Bertz CT molecular complexity index is 1880. The number of phosphoric ester groups is 1. The molecule has 0 aliphatic carbocycles. The summed E-state index contributed by atoms with van der Waals surface area (Å²) in [6.07, 6.45) is -13.3. The zero-order valence-electron chi connectivity index (χ0n) is 22.3. The molecule has 7 rings (SSSR count). The second-order valence-electron chi connectivity index (χ2n) is 10.0. The number of ether oxygens (including phenoxy) is 3. The predicted molar refractivity (Wildman–Crippen MR) is 139 cm³/mol. The molecule has 25 heteroatoms. The maximum Gasteiger partial charge on any atom is 0.472 e. The number of nitrogen functional groups attached to an aromatic ring is 2. The van der Waals surface area contributed by atoms with Crippen molar-refractivity contribution >= 4 is 49.4 Å². The number of nitrogens with two attached hydrogens (primary N) is 2. The molecule has 0 bridgehead atoms. The number of hydrogen-bond acceptors (Lipinski definition) is 17. The van der Waals surface area contributed by atoms with Gasteiger partial charge in [0.1, 0.15) is 30.2 Å². The monoisotopic (exact) mass is 678 g/mol. The molecule has 242 valence electrons. The van der Waals surface area contributed by atoms with E-state index in [0.717, 1.165) is 17.2 Å². The molecule has 21 nitrogen and oxygen atoms in total. The third kappa shape index (κ3) is 5.34. The van der Waals surface area contributed by atoms with Gasteiger partial charge in [0.05, 0.1) is 19.3 Å². The third-order valence-electron chi connectivity index (χ3n) is 7.14. The molecule has 4 unspecified atom stereocenters. The van der Waals surface area contributed by atoms with Crippen molar-refractivity contribution < 1.29 is 60.6 Å². The lowest BCUT2D eigenvalue weighted by atomic mass is 10.1. The molecule has 0 amide bonds. The van der Waals surface area contributed by atoms with E-state index in [1.807, 2.05) is 0 Å². The van der Waals surface area contributed by atoms with E-state index in [2.05, 4.69) is 29.9 Å². The van der Waals surface area contributed by atoms with E-state index < -0.39 is 83.8 Å². The second kappa shape index (κ2) is 10.9. The van der Waals surface area contributed by atoms with E-state index >= 15 is 4.39 Å². The Kier molecular flexibility index (Phi) is 7.33. The van der Waals surface area contributed by atoms with E-state index in [4.69, 9.17) is 39.2 Å². The summed E-state index contributed by atoms with van der Waals surface area (Å²) in [6, 6.07) is 0. The molecule has 4 aromatic rings. The average molecular weight is 678 g/mol. The quantitative estimate of drug-likeness (QED) is 0.132. The van der Waals surface area contributed by atoms with Crippen LogP contribution in [0.5, 0.6) is 0 Å². The van der Waals surface area contributed by atoms with Crippen LogP contribution in [0.25, 0.3) is 22.3 Å². The van der Waals surface area contributed by atoms with Crippen LogP contribution in [0.4, 0.5) is 20.4 Å². The van der Waals surface area contributed by atoms with Gasteiger partial charge in [0.2, 0.25) is 0 Å². The molecule has 3 fully saturated rings. The summed E-state index contributed by atoms with van der Waals surface area (Å²) in [7, 11) is -10.00. The van der Waals surface area contributed by atoms with Gasteiger partial charge in [-0.3, -0.25) is 27.3 Å². The van der Waals surface area contributed by atoms with Gasteiger partial charge >= 0.3 is 21.5 Å². The Balaban J connectivity index is 1.17. The maximum atomic E-state index is 15.9. The van der Waals surface area contributed by atoms with Crippen LogP contribution >= 0.6 is 15.4 Å².